The zero-order valence-corrected chi connectivity index (χ0v) is 71.4. The number of hydrogen-bond acceptors (Lipinski definition) is 15. The van der Waals surface area contributed by atoms with Gasteiger partial charge in [-0.15, -0.1) is 0 Å². The maximum atomic E-state index is 13.2. The molecule has 0 fully saturated rings. The Morgan fingerprint density at radius 3 is 0.670 bits per heavy atom. The molecule has 0 bridgehead atoms. The average Bonchev–Trinajstić information content (AvgIpc) is 0.901. The quantitative estimate of drug-likeness (QED) is 0.0222. The van der Waals surface area contributed by atoms with E-state index in [0.29, 0.717) is 25.7 Å². The molecule has 17 nitrogen and oxygen atoms in total. The van der Waals surface area contributed by atoms with Gasteiger partial charge in [0.1, 0.15) is 19.3 Å². The molecule has 6 atom stereocenters. The van der Waals surface area contributed by atoms with Crippen LogP contribution in [0.3, 0.4) is 0 Å². The van der Waals surface area contributed by atoms with Crippen molar-refractivity contribution in [2.75, 3.05) is 39.6 Å². The molecular weight excluding hydrogens is 1380 g/mol. The third kappa shape index (κ3) is 78.7. The zero-order chi connectivity index (χ0) is 77.6. The first-order valence-electron chi connectivity index (χ1n) is 45.2. The molecule has 0 heterocycles. The van der Waals surface area contributed by atoms with Crippen molar-refractivity contribution in [3.8, 4) is 0 Å². The first-order valence-corrected chi connectivity index (χ1v) is 48.2. The summed E-state index contributed by atoms with van der Waals surface area (Å²) in [6.07, 6.45) is 73.8. The number of phosphoric acid groups is 2. The van der Waals surface area contributed by atoms with E-state index in [1.165, 1.54) is 289 Å². The monoisotopic (exact) mass is 1550 g/mol. The number of phosphoric ester groups is 2. The Morgan fingerprint density at radius 2 is 0.453 bits per heavy atom. The van der Waals surface area contributed by atoms with E-state index >= 15 is 0 Å². The van der Waals surface area contributed by atoms with Gasteiger partial charge in [0, 0.05) is 25.7 Å². The summed E-state index contributed by atoms with van der Waals surface area (Å²) in [5.74, 6) is -1.37. The van der Waals surface area contributed by atoms with Crippen LogP contribution in [0.2, 0.25) is 0 Å². The molecule has 0 aromatic rings. The van der Waals surface area contributed by atoms with Crippen molar-refractivity contribution in [1.82, 2.24) is 0 Å². The summed E-state index contributed by atoms with van der Waals surface area (Å²) in [6, 6.07) is 0. The van der Waals surface area contributed by atoms with Gasteiger partial charge >= 0.3 is 39.5 Å². The third-order valence-corrected chi connectivity index (χ3v) is 22.8. The van der Waals surface area contributed by atoms with Crippen LogP contribution in [0.1, 0.15) is 471 Å². The van der Waals surface area contributed by atoms with E-state index in [2.05, 4.69) is 34.6 Å². The normalized spacial score (nSPS) is 14.0. The van der Waals surface area contributed by atoms with Crippen molar-refractivity contribution in [3.63, 3.8) is 0 Å². The van der Waals surface area contributed by atoms with Gasteiger partial charge in [-0.25, -0.2) is 9.13 Å². The zero-order valence-electron chi connectivity index (χ0n) is 69.6. The summed E-state index contributed by atoms with van der Waals surface area (Å²) in [5.41, 5.74) is 0. The molecule has 0 aliphatic rings. The number of hydrogen-bond donors (Lipinski definition) is 3. The second kappa shape index (κ2) is 79.7. The van der Waals surface area contributed by atoms with Crippen LogP contribution in [0.25, 0.3) is 0 Å². The number of carbonyl (C=O) groups is 4. The van der Waals surface area contributed by atoms with E-state index in [9.17, 15) is 43.2 Å². The molecule has 106 heavy (non-hydrogen) atoms. The van der Waals surface area contributed by atoms with Gasteiger partial charge in [-0.3, -0.25) is 37.3 Å². The standard InChI is InChI=1S/C87H170O17P2/c1-6-10-13-16-19-22-25-28-31-34-36-37-38-39-41-44-47-50-53-56-63-68-72-86(91)103-82(76-97-84(89)70-65-60-54-51-48-45-43-40-35-32-29-26-23-20-17-14-11-7-2)78-101-105(93,94)99-74-81(88)75-100-106(95,96)102-79-83(77-98-85(90)71-66-61-58-57-59-64-69-80(5)9-4)104-87(92)73-67-62-55-52-49-46-42-33-30-27-24-21-18-15-12-8-3/h80-83,88H,6-79H2,1-5H3,(H,93,94)(H,95,96)/t80?,81-,82-,83-/m1/s1. The summed E-state index contributed by atoms with van der Waals surface area (Å²) < 4.78 is 68.9. The van der Waals surface area contributed by atoms with Gasteiger partial charge in [0.2, 0.25) is 0 Å². The minimum atomic E-state index is -4.97. The smallest absolute Gasteiger partial charge is 0.462 e. The van der Waals surface area contributed by atoms with E-state index in [4.69, 9.17) is 37.0 Å². The first kappa shape index (κ1) is 104. The third-order valence-electron chi connectivity index (χ3n) is 20.9. The minimum absolute atomic E-state index is 0.108. The largest absolute Gasteiger partial charge is 0.472 e. The summed E-state index contributed by atoms with van der Waals surface area (Å²) in [4.78, 5) is 73.2. The Morgan fingerprint density at radius 1 is 0.264 bits per heavy atom. The Hall–Kier alpha value is -1.94. The summed E-state index contributed by atoms with van der Waals surface area (Å²) in [7, 11) is -9.93. The highest BCUT2D eigenvalue weighted by atomic mass is 31.2. The van der Waals surface area contributed by atoms with Crippen molar-refractivity contribution >= 4 is 39.5 Å². The molecular formula is C87H170O17P2. The van der Waals surface area contributed by atoms with Crippen molar-refractivity contribution < 1.29 is 80.2 Å². The fourth-order valence-corrected chi connectivity index (χ4v) is 15.2. The molecule has 0 aromatic carbocycles. The van der Waals surface area contributed by atoms with Gasteiger partial charge < -0.3 is 33.8 Å². The number of aliphatic hydroxyl groups excluding tert-OH is 1. The summed E-state index contributed by atoms with van der Waals surface area (Å²) in [5, 5.41) is 10.7. The highest BCUT2D eigenvalue weighted by Crippen LogP contribution is 2.45. The lowest BCUT2D eigenvalue weighted by Crippen LogP contribution is -2.30. The average molecular weight is 1550 g/mol. The fraction of sp³-hybridized carbons (Fsp3) is 0.954. The molecule has 0 saturated carbocycles. The second-order valence-electron chi connectivity index (χ2n) is 31.5. The van der Waals surface area contributed by atoms with Gasteiger partial charge in [0.15, 0.2) is 12.2 Å². The SMILES string of the molecule is CCCCCCCCCCCCCCCCCCCCCCCCC(=O)O[C@H](COC(=O)CCCCCCCCCCCCCCCCCCCC)COP(=O)(O)OC[C@@H](O)COP(=O)(O)OC[C@@H](COC(=O)CCCCCCCCC(C)CC)OC(=O)CCCCCCCCCCCCCCCCCC. The molecule has 630 valence electrons. The minimum Gasteiger partial charge on any atom is -0.462 e. The molecule has 3 N–H and O–H groups in total. The lowest BCUT2D eigenvalue weighted by Gasteiger charge is -2.21. The number of aliphatic hydroxyl groups is 1. The predicted octanol–water partition coefficient (Wildman–Crippen LogP) is 26.8. The second-order valence-corrected chi connectivity index (χ2v) is 34.4. The van der Waals surface area contributed by atoms with Crippen LogP contribution in [0.4, 0.5) is 0 Å². The molecule has 3 unspecified atom stereocenters. The molecule has 19 heteroatoms. The Balaban J connectivity index is 5.22. The van der Waals surface area contributed by atoms with Gasteiger partial charge in [0.25, 0.3) is 0 Å². The molecule has 0 aliphatic carbocycles. The van der Waals surface area contributed by atoms with Gasteiger partial charge in [-0.1, -0.05) is 420 Å². The highest BCUT2D eigenvalue weighted by molar-refractivity contribution is 7.47. The van der Waals surface area contributed by atoms with Crippen molar-refractivity contribution in [3.05, 3.63) is 0 Å². The predicted molar refractivity (Wildman–Crippen MR) is 437 cm³/mol. The van der Waals surface area contributed by atoms with E-state index in [0.717, 1.165) is 102 Å². The van der Waals surface area contributed by atoms with E-state index in [1.54, 1.807) is 0 Å². The lowest BCUT2D eigenvalue weighted by molar-refractivity contribution is -0.161. The maximum absolute atomic E-state index is 13.2. The van der Waals surface area contributed by atoms with Gasteiger partial charge in [0.05, 0.1) is 26.4 Å². The first-order chi connectivity index (χ1) is 51.6. The Labute approximate surface area is 651 Å². The molecule has 0 spiro atoms. The molecule has 0 amide bonds. The van der Waals surface area contributed by atoms with Crippen LogP contribution in [0, 0.1) is 5.92 Å². The van der Waals surface area contributed by atoms with Crippen LogP contribution >= 0.6 is 15.6 Å². The summed E-state index contributed by atoms with van der Waals surface area (Å²) in [6.45, 7) is 7.33. The Bertz CT molecular complexity index is 2020. The molecule has 0 saturated heterocycles. The molecule has 0 radical (unpaired) electrons. The molecule has 0 aromatic heterocycles. The van der Waals surface area contributed by atoms with E-state index in [-0.39, 0.29) is 25.7 Å². The number of esters is 4. The van der Waals surface area contributed by atoms with Crippen LogP contribution < -0.4 is 0 Å². The number of carbonyl (C=O) groups excluding carboxylic acids is 4. The van der Waals surface area contributed by atoms with E-state index < -0.39 is 97.5 Å². The number of ether oxygens (including phenoxy) is 4. The molecule has 0 rings (SSSR count). The van der Waals surface area contributed by atoms with Gasteiger partial charge in [-0.05, 0) is 31.6 Å². The van der Waals surface area contributed by atoms with Crippen LogP contribution in [-0.4, -0.2) is 96.7 Å². The van der Waals surface area contributed by atoms with Gasteiger partial charge in [-0.2, -0.15) is 0 Å². The summed E-state index contributed by atoms with van der Waals surface area (Å²) >= 11 is 0. The highest BCUT2D eigenvalue weighted by Gasteiger charge is 2.30. The van der Waals surface area contributed by atoms with Crippen LogP contribution in [-0.2, 0) is 65.4 Å². The number of rotatable bonds is 87. The number of unbranched alkanes of at least 4 members (excludes halogenated alkanes) is 58. The fourth-order valence-electron chi connectivity index (χ4n) is 13.6. The topological polar surface area (TPSA) is 237 Å². The van der Waals surface area contributed by atoms with Crippen LogP contribution in [0.5, 0.6) is 0 Å². The van der Waals surface area contributed by atoms with Crippen LogP contribution in [0.15, 0.2) is 0 Å². The Kier molecular flexibility index (Phi) is 78.2. The van der Waals surface area contributed by atoms with E-state index in [1.807, 2.05) is 0 Å². The lowest BCUT2D eigenvalue weighted by atomic mass is 10.00. The molecule has 0 aliphatic heterocycles. The van der Waals surface area contributed by atoms with Crippen molar-refractivity contribution in [2.24, 2.45) is 5.92 Å². The van der Waals surface area contributed by atoms with Crippen molar-refractivity contribution in [1.29, 1.82) is 0 Å². The maximum Gasteiger partial charge on any atom is 0.472 e. The van der Waals surface area contributed by atoms with Crippen molar-refractivity contribution in [2.45, 2.75) is 490 Å².